The number of hydrogen-bond donors (Lipinski definition) is 1. The van der Waals surface area contributed by atoms with E-state index in [9.17, 15) is 0 Å². The Labute approximate surface area is 128 Å². The maximum absolute atomic E-state index is 3.81. The fourth-order valence-corrected chi connectivity index (χ4v) is 4.34. The van der Waals surface area contributed by atoms with Gasteiger partial charge in [0.25, 0.3) is 0 Å². The Morgan fingerprint density at radius 3 is 2.40 bits per heavy atom. The van der Waals surface area contributed by atoms with Crippen molar-refractivity contribution in [1.82, 2.24) is 5.32 Å². The summed E-state index contributed by atoms with van der Waals surface area (Å²) in [5.74, 6) is 2.75. The van der Waals surface area contributed by atoms with Gasteiger partial charge in [0.05, 0.1) is 0 Å². The summed E-state index contributed by atoms with van der Waals surface area (Å²) in [5.41, 5.74) is 0.467. The van der Waals surface area contributed by atoms with Crippen LogP contribution in [0.3, 0.4) is 0 Å². The molecule has 0 aliphatic heterocycles. The van der Waals surface area contributed by atoms with Crippen LogP contribution in [0, 0.1) is 23.2 Å². The van der Waals surface area contributed by atoms with Crippen molar-refractivity contribution >= 4 is 0 Å². The molecule has 0 amide bonds. The summed E-state index contributed by atoms with van der Waals surface area (Å²) in [6.45, 7) is 15.3. The lowest BCUT2D eigenvalue weighted by Gasteiger charge is -2.37. The van der Waals surface area contributed by atoms with Crippen molar-refractivity contribution in [2.24, 2.45) is 23.2 Å². The van der Waals surface area contributed by atoms with Gasteiger partial charge < -0.3 is 5.32 Å². The standard InChI is InChI=1S/C19H39N/c1-7-16-10-9-11-17(13-16)18(20-8-2)12-15(3)14-19(4,5)6/h15-18,20H,7-14H2,1-6H3. The fourth-order valence-electron chi connectivity index (χ4n) is 4.34. The number of rotatable bonds is 7. The molecule has 1 N–H and O–H groups in total. The maximum atomic E-state index is 3.81. The lowest BCUT2D eigenvalue weighted by atomic mass is 9.73. The fraction of sp³-hybridized carbons (Fsp3) is 1.00. The first-order valence-electron chi connectivity index (χ1n) is 9.09. The summed E-state index contributed by atoms with van der Waals surface area (Å²) in [7, 11) is 0. The highest BCUT2D eigenvalue weighted by atomic mass is 14.9. The molecule has 0 aromatic carbocycles. The van der Waals surface area contributed by atoms with Crippen LogP contribution < -0.4 is 5.32 Å². The Kier molecular flexibility index (Phi) is 7.58. The average molecular weight is 282 g/mol. The van der Waals surface area contributed by atoms with Gasteiger partial charge in [-0.1, -0.05) is 60.8 Å². The predicted octanol–water partition coefficient (Wildman–Crippen LogP) is 5.64. The van der Waals surface area contributed by atoms with Crippen LogP contribution in [0.5, 0.6) is 0 Å². The summed E-state index contributed by atoms with van der Waals surface area (Å²) >= 11 is 0. The first-order valence-corrected chi connectivity index (χ1v) is 9.09. The monoisotopic (exact) mass is 281 g/mol. The Hall–Kier alpha value is -0.0400. The van der Waals surface area contributed by atoms with Crippen molar-refractivity contribution in [1.29, 1.82) is 0 Å². The molecule has 1 saturated carbocycles. The second-order valence-electron chi connectivity index (χ2n) is 8.47. The van der Waals surface area contributed by atoms with Gasteiger partial charge in [0.15, 0.2) is 0 Å². The van der Waals surface area contributed by atoms with Crippen LogP contribution in [-0.4, -0.2) is 12.6 Å². The minimum Gasteiger partial charge on any atom is -0.314 e. The summed E-state index contributed by atoms with van der Waals surface area (Å²) in [4.78, 5) is 0. The molecule has 20 heavy (non-hydrogen) atoms. The van der Waals surface area contributed by atoms with E-state index in [4.69, 9.17) is 0 Å². The average Bonchev–Trinajstić information content (AvgIpc) is 2.36. The molecule has 0 heterocycles. The number of hydrogen-bond acceptors (Lipinski definition) is 1. The van der Waals surface area contributed by atoms with Crippen molar-refractivity contribution in [3.63, 3.8) is 0 Å². The van der Waals surface area contributed by atoms with Gasteiger partial charge in [-0.2, -0.15) is 0 Å². The summed E-state index contributed by atoms with van der Waals surface area (Å²) in [6.07, 6.45) is 9.95. The summed E-state index contributed by atoms with van der Waals surface area (Å²) < 4.78 is 0. The van der Waals surface area contributed by atoms with Crippen molar-refractivity contribution < 1.29 is 0 Å². The van der Waals surface area contributed by atoms with E-state index in [1.54, 1.807) is 0 Å². The quantitative estimate of drug-likeness (QED) is 0.636. The van der Waals surface area contributed by atoms with Gasteiger partial charge in [-0.25, -0.2) is 0 Å². The van der Waals surface area contributed by atoms with E-state index in [2.05, 4.69) is 46.9 Å². The zero-order valence-electron chi connectivity index (χ0n) is 15.0. The van der Waals surface area contributed by atoms with E-state index in [0.717, 1.165) is 30.3 Å². The third-order valence-corrected chi connectivity index (χ3v) is 5.05. The molecule has 0 bridgehead atoms. The minimum atomic E-state index is 0.467. The molecule has 1 aliphatic carbocycles. The normalized spacial score (nSPS) is 27.3. The zero-order valence-corrected chi connectivity index (χ0v) is 15.0. The Balaban J connectivity index is 2.54. The van der Waals surface area contributed by atoms with Gasteiger partial charge in [0.2, 0.25) is 0 Å². The van der Waals surface area contributed by atoms with Gasteiger partial charge in [0, 0.05) is 6.04 Å². The van der Waals surface area contributed by atoms with Crippen LogP contribution in [0.25, 0.3) is 0 Å². The molecule has 0 aromatic heterocycles. The molecule has 0 aromatic rings. The van der Waals surface area contributed by atoms with Gasteiger partial charge >= 0.3 is 0 Å². The second-order valence-corrected chi connectivity index (χ2v) is 8.47. The molecule has 4 atom stereocenters. The van der Waals surface area contributed by atoms with Crippen molar-refractivity contribution in [3.8, 4) is 0 Å². The van der Waals surface area contributed by atoms with Crippen LogP contribution in [0.4, 0.5) is 0 Å². The van der Waals surface area contributed by atoms with E-state index in [0.29, 0.717) is 5.41 Å². The third-order valence-electron chi connectivity index (χ3n) is 5.05. The van der Waals surface area contributed by atoms with Crippen molar-refractivity contribution in [2.45, 2.75) is 92.5 Å². The van der Waals surface area contributed by atoms with Crippen LogP contribution in [0.15, 0.2) is 0 Å². The first-order chi connectivity index (χ1) is 9.35. The van der Waals surface area contributed by atoms with Crippen LogP contribution in [0.2, 0.25) is 0 Å². The molecular formula is C19H39N. The topological polar surface area (TPSA) is 12.0 Å². The van der Waals surface area contributed by atoms with Gasteiger partial charge in [0.1, 0.15) is 0 Å². The smallest absolute Gasteiger partial charge is 0.00978 e. The molecule has 1 aliphatic rings. The van der Waals surface area contributed by atoms with E-state index in [1.165, 1.54) is 44.9 Å². The SMILES string of the molecule is CCNC(CC(C)CC(C)(C)C)C1CCCC(CC)C1. The van der Waals surface area contributed by atoms with Crippen LogP contribution >= 0.6 is 0 Å². The molecule has 120 valence electrons. The van der Waals surface area contributed by atoms with Crippen molar-refractivity contribution in [3.05, 3.63) is 0 Å². The molecule has 1 rings (SSSR count). The molecule has 0 spiro atoms. The molecule has 0 radical (unpaired) electrons. The highest BCUT2D eigenvalue weighted by molar-refractivity contribution is 4.84. The molecule has 4 unspecified atom stereocenters. The number of nitrogens with one attached hydrogen (secondary N) is 1. The second kappa shape index (κ2) is 8.41. The maximum Gasteiger partial charge on any atom is 0.00978 e. The Morgan fingerprint density at radius 2 is 1.85 bits per heavy atom. The van der Waals surface area contributed by atoms with Crippen LogP contribution in [0.1, 0.15) is 86.5 Å². The third kappa shape index (κ3) is 6.61. The minimum absolute atomic E-state index is 0.467. The van der Waals surface area contributed by atoms with E-state index in [-0.39, 0.29) is 0 Å². The Bertz CT molecular complexity index is 253. The lowest BCUT2D eigenvalue weighted by Crippen LogP contribution is -2.40. The molecular weight excluding hydrogens is 242 g/mol. The molecule has 0 saturated heterocycles. The van der Waals surface area contributed by atoms with E-state index < -0.39 is 0 Å². The van der Waals surface area contributed by atoms with E-state index >= 15 is 0 Å². The van der Waals surface area contributed by atoms with E-state index in [1.807, 2.05) is 0 Å². The zero-order chi connectivity index (χ0) is 15.2. The molecule has 1 nitrogen and oxygen atoms in total. The summed E-state index contributed by atoms with van der Waals surface area (Å²) in [6, 6.07) is 0.756. The van der Waals surface area contributed by atoms with Gasteiger partial charge in [-0.3, -0.25) is 0 Å². The molecule has 1 heteroatoms. The highest BCUT2D eigenvalue weighted by Gasteiger charge is 2.29. The largest absolute Gasteiger partial charge is 0.314 e. The summed E-state index contributed by atoms with van der Waals surface area (Å²) in [5, 5.41) is 3.81. The van der Waals surface area contributed by atoms with Crippen LogP contribution in [-0.2, 0) is 0 Å². The van der Waals surface area contributed by atoms with Gasteiger partial charge in [-0.15, -0.1) is 0 Å². The predicted molar refractivity (Wildman–Crippen MR) is 91.1 cm³/mol. The Morgan fingerprint density at radius 1 is 1.15 bits per heavy atom. The lowest BCUT2D eigenvalue weighted by molar-refractivity contribution is 0.179. The van der Waals surface area contributed by atoms with Gasteiger partial charge in [-0.05, 0) is 55.4 Å². The highest BCUT2D eigenvalue weighted by Crippen LogP contribution is 2.36. The first kappa shape index (κ1) is 18.0. The van der Waals surface area contributed by atoms with Crippen molar-refractivity contribution in [2.75, 3.05) is 6.54 Å². The molecule has 1 fully saturated rings.